The van der Waals surface area contributed by atoms with Crippen molar-refractivity contribution >= 4 is 20.0 Å². The molecule has 2 aromatic rings. The van der Waals surface area contributed by atoms with E-state index in [4.69, 9.17) is 9.47 Å². The lowest BCUT2D eigenvalue weighted by molar-refractivity contribution is 0.0956. The van der Waals surface area contributed by atoms with Gasteiger partial charge in [-0.1, -0.05) is 0 Å². The maximum Gasteiger partial charge on any atom is 0.243 e. The number of hydrogen-bond donors (Lipinski definition) is 0. The van der Waals surface area contributed by atoms with Gasteiger partial charge in [-0.05, 0) is 87.8 Å². The summed E-state index contributed by atoms with van der Waals surface area (Å²) in [6, 6.07) is 6.88. The van der Waals surface area contributed by atoms with Crippen molar-refractivity contribution in [3.63, 3.8) is 0 Å². The summed E-state index contributed by atoms with van der Waals surface area (Å²) in [5.41, 5.74) is 1.32. The largest absolute Gasteiger partial charge is 0.497 e. The third kappa shape index (κ3) is 5.82. The third-order valence-corrected chi connectivity index (χ3v) is 12.7. The molecule has 0 spiro atoms. The fourth-order valence-corrected chi connectivity index (χ4v) is 11.0. The molecule has 0 radical (unpaired) electrons. The SMILES string of the molecule is COc1cc(C)c(S(=O)(=O)N2CCC[C@H]2CCCS(=O)(=O)N2[C@@H]3CC[C@@H]2CC(Oc2ccncc2)C3)c(C)c1. The molecule has 3 aliphatic rings. The van der Waals surface area contributed by atoms with Crippen molar-refractivity contribution < 1.29 is 26.3 Å². The van der Waals surface area contributed by atoms with Crippen LogP contribution in [0.1, 0.15) is 62.5 Å². The molecule has 0 N–H and O–H groups in total. The first kappa shape index (κ1) is 28.3. The van der Waals surface area contributed by atoms with Crippen LogP contribution in [0.4, 0.5) is 0 Å². The highest BCUT2D eigenvalue weighted by Crippen LogP contribution is 2.40. The zero-order valence-corrected chi connectivity index (χ0v) is 24.6. The van der Waals surface area contributed by atoms with Crippen molar-refractivity contribution in [3.05, 3.63) is 47.8 Å². The van der Waals surface area contributed by atoms with Gasteiger partial charge >= 0.3 is 0 Å². The molecule has 1 aromatic carbocycles. The molecule has 3 fully saturated rings. The molecular formula is C28H39N3O6S2. The number of nitrogens with zero attached hydrogens (tertiary/aromatic N) is 3. The second-order valence-corrected chi connectivity index (χ2v) is 14.9. The smallest absolute Gasteiger partial charge is 0.243 e. The van der Waals surface area contributed by atoms with E-state index in [1.165, 1.54) is 0 Å². The zero-order chi connectivity index (χ0) is 27.8. The van der Waals surface area contributed by atoms with E-state index in [1.54, 1.807) is 54.1 Å². The third-order valence-electron chi connectivity index (χ3n) is 8.40. The standard InChI is InChI=1S/C28H39N3O6S2/c1-20-16-26(36-3)17-21(2)28(20)39(34,35)30-14-4-6-22(30)7-5-15-38(32,33)31-23-8-9-24(31)19-27(18-23)37-25-10-12-29-13-11-25/h10-13,16-17,22-24,27H,4-9,14-15,18-19H2,1-3H3/t22-,23+,24+/m0/s1. The van der Waals surface area contributed by atoms with E-state index in [-0.39, 0.29) is 30.0 Å². The Morgan fingerprint density at radius 3 is 2.21 bits per heavy atom. The lowest BCUT2D eigenvalue weighted by Crippen LogP contribution is -2.50. The van der Waals surface area contributed by atoms with Gasteiger partial charge < -0.3 is 9.47 Å². The Morgan fingerprint density at radius 2 is 1.59 bits per heavy atom. The summed E-state index contributed by atoms with van der Waals surface area (Å²) >= 11 is 0. The van der Waals surface area contributed by atoms with Crippen LogP contribution in [0.5, 0.6) is 11.5 Å². The van der Waals surface area contributed by atoms with Gasteiger partial charge in [0, 0.05) is 49.9 Å². The average molecular weight is 578 g/mol. The molecule has 214 valence electrons. The van der Waals surface area contributed by atoms with Crippen molar-refractivity contribution in [1.29, 1.82) is 0 Å². The van der Waals surface area contributed by atoms with Crippen molar-refractivity contribution in [2.24, 2.45) is 0 Å². The Bertz CT molecular complexity index is 1350. The van der Waals surface area contributed by atoms with Crippen LogP contribution in [0.2, 0.25) is 0 Å². The number of pyridine rings is 1. The van der Waals surface area contributed by atoms with E-state index in [0.717, 1.165) is 31.4 Å². The maximum atomic E-state index is 13.7. The minimum absolute atomic E-state index is 0.00142. The number of benzene rings is 1. The number of rotatable bonds is 10. The average Bonchev–Trinajstić information content (AvgIpc) is 3.47. The summed E-state index contributed by atoms with van der Waals surface area (Å²) in [7, 11) is -5.58. The zero-order valence-electron chi connectivity index (χ0n) is 23.0. The lowest BCUT2D eigenvalue weighted by Gasteiger charge is -2.38. The van der Waals surface area contributed by atoms with E-state index in [9.17, 15) is 16.8 Å². The molecule has 0 saturated carbocycles. The number of aromatic nitrogens is 1. The Morgan fingerprint density at radius 1 is 0.949 bits per heavy atom. The van der Waals surface area contributed by atoms with Crippen molar-refractivity contribution in [2.45, 2.75) is 94.3 Å². The van der Waals surface area contributed by atoms with E-state index in [0.29, 0.717) is 54.0 Å². The molecule has 3 saturated heterocycles. The van der Waals surface area contributed by atoms with E-state index < -0.39 is 20.0 Å². The number of fused-ring (bicyclic) bond motifs is 2. The molecule has 11 heteroatoms. The van der Waals surface area contributed by atoms with Crippen LogP contribution >= 0.6 is 0 Å². The Balaban J connectivity index is 1.20. The number of ether oxygens (including phenoxy) is 2. The van der Waals surface area contributed by atoms with Gasteiger partial charge in [0.2, 0.25) is 20.0 Å². The first-order chi connectivity index (χ1) is 18.6. The number of piperidine rings is 1. The van der Waals surface area contributed by atoms with Crippen LogP contribution in [-0.2, 0) is 20.0 Å². The van der Waals surface area contributed by atoms with Crippen LogP contribution in [-0.4, -0.2) is 74.1 Å². The number of methoxy groups -OCH3 is 1. The van der Waals surface area contributed by atoms with Gasteiger partial charge in [0.15, 0.2) is 0 Å². The van der Waals surface area contributed by atoms with Crippen LogP contribution in [0.25, 0.3) is 0 Å². The normalized spacial score (nSPS) is 26.1. The molecule has 5 rings (SSSR count). The molecule has 4 heterocycles. The molecule has 3 atom stereocenters. The molecule has 1 aromatic heterocycles. The molecule has 39 heavy (non-hydrogen) atoms. The van der Waals surface area contributed by atoms with E-state index in [2.05, 4.69) is 4.98 Å². The molecular weight excluding hydrogens is 538 g/mol. The fraction of sp³-hybridized carbons (Fsp3) is 0.607. The summed E-state index contributed by atoms with van der Waals surface area (Å²) in [6.07, 6.45) is 8.97. The fourth-order valence-electron chi connectivity index (χ4n) is 6.82. The second-order valence-electron chi connectivity index (χ2n) is 11.1. The lowest BCUT2D eigenvalue weighted by atomic mass is 10.0. The molecule has 2 bridgehead atoms. The predicted molar refractivity (Wildman–Crippen MR) is 149 cm³/mol. The Labute approximate surface area is 232 Å². The summed E-state index contributed by atoms with van der Waals surface area (Å²) in [4.78, 5) is 4.35. The highest BCUT2D eigenvalue weighted by Gasteiger charge is 2.47. The number of aryl methyl sites for hydroxylation is 2. The van der Waals surface area contributed by atoms with Crippen LogP contribution in [0.3, 0.4) is 0 Å². The van der Waals surface area contributed by atoms with Crippen molar-refractivity contribution in [2.75, 3.05) is 19.4 Å². The molecule has 0 aliphatic carbocycles. The quantitative estimate of drug-likeness (QED) is 0.420. The van der Waals surface area contributed by atoms with Gasteiger partial charge in [-0.25, -0.2) is 16.8 Å². The summed E-state index contributed by atoms with van der Waals surface area (Å²) in [6.45, 7) is 4.04. The van der Waals surface area contributed by atoms with E-state index in [1.807, 2.05) is 12.1 Å². The highest BCUT2D eigenvalue weighted by molar-refractivity contribution is 7.89. The summed E-state index contributed by atoms with van der Waals surface area (Å²) in [5.74, 6) is 1.44. The van der Waals surface area contributed by atoms with Crippen molar-refractivity contribution in [3.8, 4) is 11.5 Å². The molecule has 9 nitrogen and oxygen atoms in total. The van der Waals surface area contributed by atoms with Gasteiger partial charge in [-0.3, -0.25) is 4.98 Å². The molecule has 0 unspecified atom stereocenters. The summed E-state index contributed by atoms with van der Waals surface area (Å²) < 4.78 is 69.1. The number of sulfonamides is 2. The molecule has 0 amide bonds. The monoisotopic (exact) mass is 577 g/mol. The van der Waals surface area contributed by atoms with Gasteiger partial charge in [-0.15, -0.1) is 0 Å². The number of hydrogen-bond acceptors (Lipinski definition) is 7. The van der Waals surface area contributed by atoms with Gasteiger partial charge in [-0.2, -0.15) is 8.61 Å². The van der Waals surface area contributed by atoms with Gasteiger partial charge in [0.1, 0.15) is 17.6 Å². The molecule has 3 aliphatic heterocycles. The van der Waals surface area contributed by atoms with Gasteiger partial charge in [0.05, 0.1) is 17.8 Å². The topological polar surface area (TPSA) is 106 Å². The van der Waals surface area contributed by atoms with Crippen molar-refractivity contribution in [1.82, 2.24) is 13.6 Å². The minimum atomic E-state index is -3.70. The second kappa shape index (κ2) is 11.3. The Hall–Kier alpha value is -2.21. The first-order valence-electron chi connectivity index (χ1n) is 13.8. The van der Waals surface area contributed by atoms with Crippen LogP contribution < -0.4 is 9.47 Å². The minimum Gasteiger partial charge on any atom is -0.497 e. The van der Waals surface area contributed by atoms with Gasteiger partial charge in [0.25, 0.3) is 0 Å². The maximum absolute atomic E-state index is 13.7. The van der Waals surface area contributed by atoms with Crippen LogP contribution in [0.15, 0.2) is 41.6 Å². The van der Waals surface area contributed by atoms with E-state index >= 15 is 0 Å². The predicted octanol–water partition coefficient (Wildman–Crippen LogP) is 4.04. The highest BCUT2D eigenvalue weighted by atomic mass is 32.2. The van der Waals surface area contributed by atoms with Crippen LogP contribution in [0, 0.1) is 13.8 Å². The Kier molecular flexibility index (Phi) is 8.24. The summed E-state index contributed by atoms with van der Waals surface area (Å²) in [5, 5.41) is 0. The first-order valence-corrected chi connectivity index (χ1v) is 16.9.